The first kappa shape index (κ1) is 28.4. The van der Waals surface area contributed by atoms with Crippen molar-refractivity contribution in [3.63, 3.8) is 0 Å². The van der Waals surface area contributed by atoms with Gasteiger partial charge in [0.15, 0.2) is 0 Å². The zero-order valence-corrected chi connectivity index (χ0v) is 25.1. The molecule has 0 aliphatic carbocycles. The fourth-order valence-corrected chi connectivity index (χ4v) is 7.86. The van der Waals surface area contributed by atoms with Gasteiger partial charge in [0.25, 0.3) is 0 Å². The molecule has 0 saturated heterocycles. The van der Waals surface area contributed by atoms with Gasteiger partial charge >= 0.3 is 0 Å². The number of methoxy groups -OCH3 is 2. The highest BCUT2D eigenvalue weighted by atomic mass is 31.1. The lowest BCUT2D eigenvalue weighted by Crippen LogP contribution is -2.12. The summed E-state index contributed by atoms with van der Waals surface area (Å²) >= 11 is 0. The van der Waals surface area contributed by atoms with Crippen LogP contribution < -0.4 is 20.1 Å². The molecule has 0 aliphatic heterocycles. The van der Waals surface area contributed by atoms with E-state index in [9.17, 15) is 0 Å². The van der Waals surface area contributed by atoms with Crippen LogP contribution >= 0.6 is 17.2 Å². The first-order valence-corrected chi connectivity index (χ1v) is 16.0. The Bertz CT molecular complexity index is 1190. The van der Waals surface area contributed by atoms with E-state index < -0.39 is 0 Å². The topological polar surface area (TPSA) is 18.5 Å². The molecule has 0 fully saturated rings. The van der Waals surface area contributed by atoms with Crippen LogP contribution in [0.25, 0.3) is 0 Å². The number of benzene rings is 4. The number of rotatable bonds is 13. The van der Waals surface area contributed by atoms with Crippen molar-refractivity contribution >= 4 is 27.8 Å². The molecule has 0 N–H and O–H groups in total. The van der Waals surface area contributed by atoms with Crippen LogP contribution in [-0.4, -0.2) is 26.5 Å². The molecule has 0 radical (unpaired) electrons. The summed E-state index contributed by atoms with van der Waals surface area (Å²) < 4.78 is 10.7. The number of hydrogen-bond acceptors (Lipinski definition) is 2. The molecular weight excluding hydrogens is 502 g/mol. The van der Waals surface area contributed by atoms with E-state index in [1.54, 1.807) is 14.2 Å². The number of aryl methyl sites for hydroxylation is 2. The summed E-state index contributed by atoms with van der Waals surface area (Å²) in [4.78, 5) is 0. The summed E-state index contributed by atoms with van der Waals surface area (Å²) in [5.74, 6) is 1.83. The minimum atomic E-state index is 0.838. The Morgan fingerprint density at radius 2 is 0.921 bits per heavy atom. The van der Waals surface area contributed by atoms with E-state index >= 15 is 0 Å². The third kappa shape index (κ3) is 7.47. The van der Waals surface area contributed by atoms with E-state index in [4.69, 9.17) is 9.47 Å². The van der Waals surface area contributed by atoms with E-state index in [0.717, 1.165) is 54.3 Å². The van der Waals surface area contributed by atoms with Crippen molar-refractivity contribution in [2.24, 2.45) is 0 Å². The summed E-state index contributed by atoms with van der Waals surface area (Å²) in [6.07, 6.45) is 6.60. The first-order chi connectivity index (χ1) is 18.6. The quantitative estimate of drug-likeness (QED) is 0.130. The molecule has 4 heteroatoms. The van der Waals surface area contributed by atoms with Gasteiger partial charge in [0.05, 0.1) is 14.2 Å². The highest BCUT2D eigenvalue weighted by molar-refractivity contribution is 7.51. The molecule has 4 rings (SSSR count). The van der Waals surface area contributed by atoms with Crippen LogP contribution in [0, 0.1) is 0 Å². The Morgan fingerprint density at radius 1 is 0.526 bits per heavy atom. The predicted molar refractivity (Wildman–Crippen MR) is 169 cm³/mol. The molecule has 4 aromatic rings. The van der Waals surface area contributed by atoms with Gasteiger partial charge in [-0.3, -0.25) is 0 Å². The molecule has 2 atom stereocenters. The summed E-state index contributed by atoms with van der Waals surface area (Å²) in [6, 6.07) is 30.9. The van der Waals surface area contributed by atoms with E-state index in [1.165, 1.54) is 56.3 Å². The van der Waals surface area contributed by atoms with Crippen LogP contribution in [0.4, 0.5) is 0 Å². The first-order valence-electron chi connectivity index (χ1n) is 13.6. The fraction of sp³-hybridized carbons (Fsp3) is 0.294. The van der Waals surface area contributed by atoms with Gasteiger partial charge in [-0.25, -0.2) is 0 Å². The third-order valence-electron chi connectivity index (χ3n) is 7.14. The van der Waals surface area contributed by atoms with Gasteiger partial charge in [0.1, 0.15) is 11.5 Å². The molecule has 0 spiro atoms. The minimum absolute atomic E-state index is 0.838. The van der Waals surface area contributed by atoms with Crippen molar-refractivity contribution in [2.45, 2.75) is 39.5 Å². The van der Waals surface area contributed by atoms with Crippen molar-refractivity contribution in [2.75, 3.05) is 26.5 Å². The highest BCUT2D eigenvalue weighted by Crippen LogP contribution is 2.26. The minimum Gasteiger partial charge on any atom is -0.497 e. The maximum absolute atomic E-state index is 5.35. The van der Waals surface area contributed by atoms with Gasteiger partial charge in [-0.1, -0.05) is 91.7 Å². The Hall–Kier alpha value is -2.66. The van der Waals surface area contributed by atoms with Gasteiger partial charge in [-0.15, -0.1) is 0 Å². The Labute approximate surface area is 232 Å². The molecule has 0 amide bonds. The van der Waals surface area contributed by atoms with Crippen molar-refractivity contribution in [3.05, 3.63) is 118 Å². The zero-order valence-electron chi connectivity index (χ0n) is 23.1. The van der Waals surface area contributed by atoms with Crippen molar-refractivity contribution in [3.8, 4) is 11.5 Å². The van der Waals surface area contributed by atoms with Gasteiger partial charge in [-0.05, 0) is 106 Å². The Morgan fingerprint density at radius 3 is 1.26 bits per heavy atom. The Kier molecular flexibility index (Phi) is 10.8. The summed E-state index contributed by atoms with van der Waals surface area (Å²) in [5.41, 5.74) is 8.69. The van der Waals surface area contributed by atoms with Gasteiger partial charge < -0.3 is 9.47 Å². The van der Waals surface area contributed by atoms with Crippen LogP contribution in [0.15, 0.2) is 84.9 Å². The van der Waals surface area contributed by atoms with E-state index in [0.29, 0.717) is 0 Å². The summed E-state index contributed by atoms with van der Waals surface area (Å²) in [6.45, 7) is 4.54. The lowest BCUT2D eigenvalue weighted by molar-refractivity contribution is 0.414. The van der Waals surface area contributed by atoms with Crippen molar-refractivity contribution in [1.82, 2.24) is 0 Å². The van der Waals surface area contributed by atoms with Crippen LogP contribution in [0.3, 0.4) is 0 Å². The second-order valence-electron chi connectivity index (χ2n) is 9.50. The fourth-order valence-electron chi connectivity index (χ4n) is 4.97. The number of hydrogen-bond donors (Lipinski definition) is 0. The van der Waals surface area contributed by atoms with Crippen LogP contribution in [0.5, 0.6) is 11.5 Å². The molecule has 2 unspecified atom stereocenters. The van der Waals surface area contributed by atoms with Crippen molar-refractivity contribution < 1.29 is 9.47 Å². The second kappa shape index (κ2) is 14.5. The van der Waals surface area contributed by atoms with E-state index in [-0.39, 0.29) is 0 Å². The van der Waals surface area contributed by atoms with Crippen LogP contribution in [0.1, 0.15) is 47.2 Å². The molecule has 38 heavy (non-hydrogen) atoms. The average molecular weight is 543 g/mol. The number of ether oxygens (including phenoxy) is 2. The molecule has 0 aromatic heterocycles. The van der Waals surface area contributed by atoms with Gasteiger partial charge in [0.2, 0.25) is 0 Å². The molecule has 0 heterocycles. The second-order valence-corrected chi connectivity index (χ2v) is 12.3. The smallest absolute Gasteiger partial charge is 0.118 e. The van der Waals surface area contributed by atoms with Crippen molar-refractivity contribution in [1.29, 1.82) is 0 Å². The third-order valence-corrected chi connectivity index (χ3v) is 10.3. The molecule has 0 bridgehead atoms. The maximum Gasteiger partial charge on any atom is 0.118 e. The van der Waals surface area contributed by atoms with E-state index in [2.05, 4.69) is 98.8 Å². The lowest BCUT2D eigenvalue weighted by atomic mass is 9.98. The SMILES string of the molecule is CCc1cccc(PCCPc2cccc(CC)c2Cc2ccc(OC)cc2)c1Cc1ccc(OC)cc1. The Balaban J connectivity index is 1.44. The zero-order chi connectivity index (χ0) is 26.7. The maximum atomic E-state index is 5.35. The largest absolute Gasteiger partial charge is 0.497 e. The van der Waals surface area contributed by atoms with Gasteiger partial charge in [0, 0.05) is 0 Å². The monoisotopic (exact) mass is 542 g/mol. The average Bonchev–Trinajstić information content (AvgIpc) is 2.97. The molecule has 0 saturated carbocycles. The van der Waals surface area contributed by atoms with Crippen LogP contribution in [-0.2, 0) is 25.7 Å². The standard InChI is InChI=1S/C34H40O2P2/c1-5-27-9-7-11-33(31(27)23-25-13-17-29(35-3)18-14-25)37-21-22-38-34-12-8-10-28(6-2)32(34)24-26-15-19-30(36-4)20-16-26/h7-20,37-38H,5-6,21-24H2,1-4H3. The highest BCUT2D eigenvalue weighted by Gasteiger charge is 2.11. The molecular formula is C34H40O2P2. The summed E-state index contributed by atoms with van der Waals surface area (Å²) in [5, 5.41) is 3.07. The molecule has 0 aliphatic rings. The molecule has 198 valence electrons. The molecule has 2 nitrogen and oxygen atoms in total. The van der Waals surface area contributed by atoms with Gasteiger partial charge in [-0.2, -0.15) is 0 Å². The normalized spacial score (nSPS) is 11.6. The molecule has 4 aromatic carbocycles. The summed E-state index contributed by atoms with van der Waals surface area (Å²) in [7, 11) is 5.12. The lowest BCUT2D eigenvalue weighted by Gasteiger charge is -2.16. The predicted octanol–water partition coefficient (Wildman–Crippen LogP) is 7.32. The van der Waals surface area contributed by atoms with E-state index in [1.807, 2.05) is 0 Å². The van der Waals surface area contributed by atoms with Crippen LogP contribution in [0.2, 0.25) is 0 Å².